The molecular formula is C15H21FN2O. The summed E-state index contributed by atoms with van der Waals surface area (Å²) < 4.78 is 13.4. The number of benzene rings is 1. The molecule has 1 heterocycles. The summed E-state index contributed by atoms with van der Waals surface area (Å²) in [6, 6.07) is 6.32. The molecule has 1 aromatic carbocycles. The molecule has 1 N–H and O–H groups in total. The van der Waals surface area contributed by atoms with E-state index in [2.05, 4.69) is 19.2 Å². The van der Waals surface area contributed by atoms with Gasteiger partial charge in [-0.1, -0.05) is 26.0 Å². The first-order valence-corrected chi connectivity index (χ1v) is 6.75. The lowest BCUT2D eigenvalue weighted by atomic mass is 10.0. The third kappa shape index (κ3) is 2.63. The quantitative estimate of drug-likeness (QED) is 0.910. The lowest BCUT2D eigenvalue weighted by Gasteiger charge is -2.33. The summed E-state index contributed by atoms with van der Waals surface area (Å²) in [5.41, 5.74) is 0.796. The van der Waals surface area contributed by atoms with Gasteiger partial charge in [-0.2, -0.15) is 0 Å². The molecular weight excluding hydrogens is 243 g/mol. The normalized spacial score (nSPS) is 25.2. The standard InChI is InChI=1S/C15H21FN2O/c1-9(2)11(4)18-14(17-10(3)15(18)19)12-6-5-7-13(16)8-12/h5-11,14,17H,1-4H3. The Morgan fingerprint density at radius 1 is 1.32 bits per heavy atom. The third-order valence-corrected chi connectivity index (χ3v) is 3.88. The van der Waals surface area contributed by atoms with Crippen LogP contribution in [-0.4, -0.2) is 22.9 Å². The SMILES string of the molecule is CC1NC(c2cccc(F)c2)N(C(C)C(C)C)C1=O. The van der Waals surface area contributed by atoms with E-state index in [-0.39, 0.29) is 30.0 Å². The monoisotopic (exact) mass is 264 g/mol. The smallest absolute Gasteiger partial charge is 0.241 e. The highest BCUT2D eigenvalue weighted by molar-refractivity contribution is 5.84. The van der Waals surface area contributed by atoms with Crippen LogP contribution in [0, 0.1) is 11.7 Å². The topological polar surface area (TPSA) is 32.3 Å². The van der Waals surface area contributed by atoms with Crippen LogP contribution in [0.25, 0.3) is 0 Å². The van der Waals surface area contributed by atoms with Gasteiger partial charge in [0.1, 0.15) is 12.0 Å². The fourth-order valence-electron chi connectivity index (χ4n) is 2.43. The van der Waals surface area contributed by atoms with Gasteiger partial charge >= 0.3 is 0 Å². The largest absolute Gasteiger partial charge is 0.319 e. The van der Waals surface area contributed by atoms with E-state index < -0.39 is 0 Å². The summed E-state index contributed by atoms with van der Waals surface area (Å²) in [7, 11) is 0. The van der Waals surface area contributed by atoms with Gasteiger partial charge in [0.25, 0.3) is 0 Å². The van der Waals surface area contributed by atoms with Gasteiger partial charge in [-0.15, -0.1) is 0 Å². The van der Waals surface area contributed by atoms with E-state index in [1.54, 1.807) is 6.07 Å². The Morgan fingerprint density at radius 2 is 2.00 bits per heavy atom. The number of nitrogens with zero attached hydrogens (tertiary/aromatic N) is 1. The van der Waals surface area contributed by atoms with Crippen molar-refractivity contribution in [1.29, 1.82) is 0 Å². The van der Waals surface area contributed by atoms with Crippen molar-refractivity contribution in [2.45, 2.75) is 45.9 Å². The van der Waals surface area contributed by atoms with E-state index >= 15 is 0 Å². The van der Waals surface area contributed by atoms with Gasteiger partial charge in [-0.3, -0.25) is 10.1 Å². The highest BCUT2D eigenvalue weighted by Crippen LogP contribution is 2.30. The molecule has 0 aromatic heterocycles. The Balaban J connectivity index is 2.35. The van der Waals surface area contributed by atoms with Crippen LogP contribution in [0.3, 0.4) is 0 Å². The molecule has 0 spiro atoms. The molecule has 0 radical (unpaired) electrons. The maximum atomic E-state index is 13.4. The van der Waals surface area contributed by atoms with Crippen LogP contribution in [0.4, 0.5) is 4.39 Å². The van der Waals surface area contributed by atoms with Crippen molar-refractivity contribution in [2.75, 3.05) is 0 Å². The second-order valence-electron chi connectivity index (χ2n) is 5.58. The van der Waals surface area contributed by atoms with E-state index in [0.29, 0.717) is 5.92 Å². The fraction of sp³-hybridized carbons (Fsp3) is 0.533. The molecule has 3 unspecified atom stereocenters. The highest BCUT2D eigenvalue weighted by atomic mass is 19.1. The Morgan fingerprint density at radius 3 is 2.58 bits per heavy atom. The summed E-state index contributed by atoms with van der Waals surface area (Å²) in [5.74, 6) is 0.158. The van der Waals surface area contributed by atoms with Gasteiger partial charge in [0.05, 0.1) is 6.04 Å². The van der Waals surface area contributed by atoms with E-state index in [1.807, 2.05) is 24.8 Å². The number of halogens is 1. The predicted octanol–water partition coefficient (Wildman–Crippen LogP) is 2.69. The minimum atomic E-state index is -0.275. The number of carbonyl (C=O) groups is 1. The molecule has 1 aliphatic heterocycles. The molecule has 3 atom stereocenters. The zero-order valence-corrected chi connectivity index (χ0v) is 11.9. The second kappa shape index (κ2) is 5.29. The van der Waals surface area contributed by atoms with Crippen LogP contribution < -0.4 is 5.32 Å². The number of nitrogens with one attached hydrogen (secondary N) is 1. The number of amides is 1. The van der Waals surface area contributed by atoms with Gasteiger partial charge in [-0.05, 0) is 37.5 Å². The number of carbonyl (C=O) groups excluding carboxylic acids is 1. The summed E-state index contributed by atoms with van der Waals surface area (Å²) >= 11 is 0. The zero-order chi connectivity index (χ0) is 14.2. The summed E-state index contributed by atoms with van der Waals surface area (Å²) in [6.45, 7) is 8.06. The van der Waals surface area contributed by atoms with Crippen molar-refractivity contribution in [3.05, 3.63) is 35.6 Å². The van der Waals surface area contributed by atoms with Crippen molar-refractivity contribution < 1.29 is 9.18 Å². The molecule has 1 saturated heterocycles. The fourth-order valence-corrected chi connectivity index (χ4v) is 2.43. The van der Waals surface area contributed by atoms with Crippen molar-refractivity contribution in [2.24, 2.45) is 5.92 Å². The van der Waals surface area contributed by atoms with E-state index in [4.69, 9.17) is 0 Å². The Bertz CT molecular complexity index is 475. The maximum absolute atomic E-state index is 13.4. The number of hydrogen-bond donors (Lipinski definition) is 1. The molecule has 1 aliphatic rings. The summed E-state index contributed by atoms with van der Waals surface area (Å²) in [6.07, 6.45) is -0.240. The van der Waals surface area contributed by atoms with E-state index in [9.17, 15) is 9.18 Å². The van der Waals surface area contributed by atoms with Crippen LogP contribution in [0.1, 0.15) is 39.4 Å². The van der Waals surface area contributed by atoms with Crippen LogP contribution in [0.5, 0.6) is 0 Å². The first kappa shape index (κ1) is 14.0. The van der Waals surface area contributed by atoms with Crippen molar-refractivity contribution in [3.8, 4) is 0 Å². The molecule has 2 rings (SSSR count). The van der Waals surface area contributed by atoms with Crippen molar-refractivity contribution in [1.82, 2.24) is 10.2 Å². The van der Waals surface area contributed by atoms with Gasteiger partial charge in [-0.25, -0.2) is 4.39 Å². The van der Waals surface area contributed by atoms with Gasteiger partial charge in [0, 0.05) is 6.04 Å². The van der Waals surface area contributed by atoms with Crippen LogP contribution in [-0.2, 0) is 4.79 Å². The minimum absolute atomic E-state index is 0.0791. The molecule has 19 heavy (non-hydrogen) atoms. The highest BCUT2D eigenvalue weighted by Gasteiger charge is 2.40. The first-order valence-electron chi connectivity index (χ1n) is 6.75. The van der Waals surface area contributed by atoms with Gasteiger partial charge in [0.2, 0.25) is 5.91 Å². The average Bonchev–Trinajstić information content (AvgIpc) is 2.65. The lowest BCUT2D eigenvalue weighted by molar-refractivity contribution is -0.132. The molecule has 3 nitrogen and oxygen atoms in total. The first-order chi connectivity index (χ1) is 8.91. The molecule has 0 aliphatic carbocycles. The van der Waals surface area contributed by atoms with Crippen molar-refractivity contribution >= 4 is 5.91 Å². The summed E-state index contributed by atoms with van der Waals surface area (Å²) in [4.78, 5) is 14.1. The molecule has 0 bridgehead atoms. The maximum Gasteiger partial charge on any atom is 0.241 e. The Labute approximate surface area is 113 Å². The number of rotatable bonds is 3. The number of hydrogen-bond acceptors (Lipinski definition) is 2. The molecule has 0 saturated carbocycles. The molecule has 1 fully saturated rings. The Kier molecular flexibility index (Phi) is 3.90. The van der Waals surface area contributed by atoms with Gasteiger partial charge in [0.15, 0.2) is 0 Å². The second-order valence-corrected chi connectivity index (χ2v) is 5.58. The minimum Gasteiger partial charge on any atom is -0.319 e. The molecule has 1 amide bonds. The van der Waals surface area contributed by atoms with Crippen LogP contribution in [0.2, 0.25) is 0 Å². The third-order valence-electron chi connectivity index (χ3n) is 3.88. The van der Waals surface area contributed by atoms with Gasteiger partial charge < -0.3 is 4.90 Å². The molecule has 4 heteroatoms. The lowest BCUT2D eigenvalue weighted by Crippen LogP contribution is -2.41. The summed E-state index contributed by atoms with van der Waals surface area (Å²) in [5, 5.41) is 3.24. The average molecular weight is 264 g/mol. The molecule has 104 valence electrons. The Hall–Kier alpha value is -1.42. The van der Waals surface area contributed by atoms with Crippen LogP contribution >= 0.6 is 0 Å². The predicted molar refractivity (Wildman–Crippen MR) is 72.9 cm³/mol. The molecule has 1 aromatic rings. The van der Waals surface area contributed by atoms with Crippen molar-refractivity contribution in [3.63, 3.8) is 0 Å². The zero-order valence-electron chi connectivity index (χ0n) is 11.9. The van der Waals surface area contributed by atoms with Crippen LogP contribution in [0.15, 0.2) is 24.3 Å². The van der Waals surface area contributed by atoms with E-state index in [0.717, 1.165) is 5.56 Å². The van der Waals surface area contributed by atoms with E-state index in [1.165, 1.54) is 12.1 Å².